The van der Waals surface area contributed by atoms with Crippen molar-refractivity contribution in [3.8, 4) is 5.69 Å². The van der Waals surface area contributed by atoms with Crippen molar-refractivity contribution in [3.63, 3.8) is 0 Å². The molecular formula is C28H28N2O3. The molecule has 5 heteroatoms. The van der Waals surface area contributed by atoms with Crippen LogP contribution in [0.15, 0.2) is 66.9 Å². The third-order valence-electron chi connectivity index (χ3n) is 6.84. The largest absolute Gasteiger partial charge is 0.461 e. The standard InChI is InChI=1S/C28H28N2O3/c1-18-11-12-19(2)30(18)21-13-14-26-24(15-21)25(16-29-26)27(31)22-9-6-10-23(22)28(32)33-17-20-7-4-3-5-8-20/h3-5,7-8,11-16,22-23,29H,6,9-10,17H2,1-2H3/t22-,23?/m1/s1. The number of nitrogens with zero attached hydrogens (tertiary/aromatic N) is 1. The van der Waals surface area contributed by atoms with Crippen LogP contribution in [0.2, 0.25) is 0 Å². The molecule has 5 rings (SSSR count). The first-order valence-corrected chi connectivity index (χ1v) is 11.5. The summed E-state index contributed by atoms with van der Waals surface area (Å²) in [6, 6.07) is 20.0. The number of nitrogens with one attached hydrogen (secondary N) is 1. The number of ether oxygens (including phenoxy) is 1. The number of carbonyl (C=O) groups excluding carboxylic acids is 2. The number of esters is 1. The molecule has 0 aliphatic heterocycles. The minimum atomic E-state index is -0.386. The van der Waals surface area contributed by atoms with E-state index in [1.54, 1.807) is 6.20 Å². The fourth-order valence-corrected chi connectivity index (χ4v) is 5.12. The van der Waals surface area contributed by atoms with Crippen LogP contribution in [-0.2, 0) is 16.1 Å². The lowest BCUT2D eigenvalue weighted by Crippen LogP contribution is -2.27. The van der Waals surface area contributed by atoms with Crippen molar-refractivity contribution in [2.24, 2.45) is 11.8 Å². The van der Waals surface area contributed by atoms with Crippen molar-refractivity contribution in [3.05, 3.63) is 89.4 Å². The molecule has 1 aliphatic carbocycles. The molecule has 2 heterocycles. The van der Waals surface area contributed by atoms with E-state index in [0.717, 1.165) is 40.0 Å². The fourth-order valence-electron chi connectivity index (χ4n) is 5.12. The highest BCUT2D eigenvalue weighted by atomic mass is 16.5. The van der Waals surface area contributed by atoms with Gasteiger partial charge in [0.25, 0.3) is 0 Å². The zero-order valence-electron chi connectivity index (χ0n) is 19.0. The van der Waals surface area contributed by atoms with Crippen molar-refractivity contribution in [2.45, 2.75) is 39.7 Å². The van der Waals surface area contributed by atoms with E-state index in [2.05, 4.69) is 47.7 Å². The minimum Gasteiger partial charge on any atom is -0.461 e. The van der Waals surface area contributed by atoms with Gasteiger partial charge in [-0.25, -0.2) is 0 Å². The van der Waals surface area contributed by atoms with E-state index in [4.69, 9.17) is 4.74 Å². The lowest BCUT2D eigenvalue weighted by molar-refractivity contribution is -0.150. The molecule has 1 fully saturated rings. The summed E-state index contributed by atoms with van der Waals surface area (Å²) >= 11 is 0. The smallest absolute Gasteiger partial charge is 0.310 e. The summed E-state index contributed by atoms with van der Waals surface area (Å²) in [5, 5.41) is 0.897. The maximum atomic E-state index is 13.6. The van der Waals surface area contributed by atoms with E-state index in [0.29, 0.717) is 18.4 Å². The fraction of sp³-hybridized carbons (Fsp3) is 0.286. The summed E-state index contributed by atoms with van der Waals surface area (Å²) in [5.74, 6) is -0.971. The number of H-pyrrole nitrogens is 1. The summed E-state index contributed by atoms with van der Waals surface area (Å²) in [5.41, 5.74) is 5.85. The summed E-state index contributed by atoms with van der Waals surface area (Å²) in [6.45, 7) is 4.39. The number of carbonyl (C=O) groups is 2. The van der Waals surface area contributed by atoms with E-state index in [9.17, 15) is 9.59 Å². The number of hydrogen-bond acceptors (Lipinski definition) is 3. The van der Waals surface area contributed by atoms with E-state index < -0.39 is 0 Å². The number of aromatic nitrogens is 2. The first kappa shape index (κ1) is 21.3. The van der Waals surface area contributed by atoms with Gasteiger partial charge in [-0.15, -0.1) is 0 Å². The van der Waals surface area contributed by atoms with Crippen LogP contribution >= 0.6 is 0 Å². The zero-order valence-corrected chi connectivity index (χ0v) is 19.0. The van der Waals surface area contributed by atoms with Gasteiger partial charge in [0.1, 0.15) is 6.61 Å². The monoisotopic (exact) mass is 440 g/mol. The van der Waals surface area contributed by atoms with Gasteiger partial charge < -0.3 is 14.3 Å². The molecule has 4 aromatic rings. The highest BCUT2D eigenvalue weighted by molar-refractivity contribution is 6.10. The van der Waals surface area contributed by atoms with Crippen LogP contribution in [0.3, 0.4) is 0 Å². The van der Waals surface area contributed by atoms with E-state index in [-0.39, 0.29) is 30.2 Å². The van der Waals surface area contributed by atoms with Gasteiger partial charge in [0.15, 0.2) is 5.78 Å². The van der Waals surface area contributed by atoms with Gasteiger partial charge in [-0.2, -0.15) is 0 Å². The molecule has 5 nitrogen and oxygen atoms in total. The first-order valence-electron chi connectivity index (χ1n) is 11.5. The number of rotatable bonds is 6. The Morgan fingerprint density at radius 2 is 1.70 bits per heavy atom. The van der Waals surface area contributed by atoms with Crippen LogP contribution in [0.1, 0.15) is 46.6 Å². The van der Waals surface area contributed by atoms with Crippen molar-refractivity contribution in [2.75, 3.05) is 0 Å². The van der Waals surface area contributed by atoms with Crippen LogP contribution in [0.5, 0.6) is 0 Å². The topological polar surface area (TPSA) is 64.1 Å². The SMILES string of the molecule is Cc1ccc(C)n1-c1ccc2[nH]cc(C(=O)[C@@H]3CCCC3C(=O)OCc3ccccc3)c2c1. The predicted octanol–water partition coefficient (Wildman–Crippen LogP) is 5.92. The van der Waals surface area contributed by atoms with Crippen LogP contribution in [0.4, 0.5) is 0 Å². The Hall–Kier alpha value is -3.60. The van der Waals surface area contributed by atoms with E-state index >= 15 is 0 Å². The maximum Gasteiger partial charge on any atom is 0.310 e. The molecule has 33 heavy (non-hydrogen) atoms. The highest BCUT2D eigenvalue weighted by Crippen LogP contribution is 2.37. The zero-order chi connectivity index (χ0) is 22.9. The minimum absolute atomic E-state index is 0.0264. The number of fused-ring (bicyclic) bond motifs is 1. The van der Waals surface area contributed by atoms with Gasteiger partial charge in [0.05, 0.1) is 5.92 Å². The highest BCUT2D eigenvalue weighted by Gasteiger charge is 2.39. The molecule has 1 N–H and O–H groups in total. The molecule has 0 radical (unpaired) electrons. The number of ketones is 1. The second-order valence-corrected chi connectivity index (χ2v) is 8.99. The van der Waals surface area contributed by atoms with E-state index in [1.807, 2.05) is 36.4 Å². The maximum absolute atomic E-state index is 13.6. The van der Waals surface area contributed by atoms with Crippen molar-refractivity contribution >= 4 is 22.7 Å². The number of Topliss-reactive ketones (excluding diaryl/α,β-unsaturated/α-hetero) is 1. The Morgan fingerprint density at radius 3 is 2.45 bits per heavy atom. The predicted molar refractivity (Wildman–Crippen MR) is 128 cm³/mol. The quantitative estimate of drug-likeness (QED) is 0.299. The van der Waals surface area contributed by atoms with Gasteiger partial charge in [-0.3, -0.25) is 9.59 Å². The number of aromatic amines is 1. The van der Waals surface area contributed by atoms with Gasteiger partial charge in [-0.05, 0) is 62.6 Å². The molecular weight excluding hydrogens is 412 g/mol. The second-order valence-electron chi connectivity index (χ2n) is 8.99. The molecule has 0 spiro atoms. The van der Waals surface area contributed by atoms with Gasteiger partial charge >= 0.3 is 5.97 Å². The number of benzene rings is 2. The second kappa shape index (κ2) is 8.74. The summed E-state index contributed by atoms with van der Waals surface area (Å²) in [4.78, 5) is 29.7. The third kappa shape index (κ3) is 3.99. The molecule has 1 unspecified atom stereocenters. The Morgan fingerprint density at radius 1 is 0.970 bits per heavy atom. The molecule has 1 saturated carbocycles. The lowest BCUT2D eigenvalue weighted by Gasteiger charge is -2.17. The molecule has 0 saturated heterocycles. The summed E-state index contributed by atoms with van der Waals surface area (Å²) < 4.78 is 7.77. The normalized spacial score (nSPS) is 18.0. The van der Waals surface area contributed by atoms with Crippen LogP contribution < -0.4 is 0 Å². The van der Waals surface area contributed by atoms with Gasteiger partial charge in [0.2, 0.25) is 0 Å². The Balaban J connectivity index is 1.39. The Labute approximate surface area is 193 Å². The Bertz CT molecular complexity index is 1300. The van der Waals surface area contributed by atoms with Crippen molar-refractivity contribution in [1.82, 2.24) is 9.55 Å². The third-order valence-corrected chi connectivity index (χ3v) is 6.84. The Kier molecular flexibility index (Phi) is 5.63. The summed E-state index contributed by atoms with van der Waals surface area (Å²) in [6.07, 6.45) is 4.05. The number of aryl methyl sites for hydroxylation is 2. The summed E-state index contributed by atoms with van der Waals surface area (Å²) in [7, 11) is 0. The molecule has 168 valence electrons. The molecule has 2 aromatic heterocycles. The van der Waals surface area contributed by atoms with Crippen LogP contribution in [0, 0.1) is 25.7 Å². The van der Waals surface area contributed by atoms with E-state index in [1.165, 1.54) is 0 Å². The van der Waals surface area contributed by atoms with Crippen LogP contribution in [0.25, 0.3) is 16.6 Å². The molecule has 2 atom stereocenters. The number of hydrogen-bond donors (Lipinski definition) is 1. The molecule has 0 amide bonds. The van der Waals surface area contributed by atoms with Crippen molar-refractivity contribution < 1.29 is 14.3 Å². The molecule has 2 aromatic carbocycles. The molecule has 1 aliphatic rings. The van der Waals surface area contributed by atoms with Gasteiger partial charge in [0, 0.05) is 45.7 Å². The first-order chi connectivity index (χ1) is 16.0. The lowest BCUT2D eigenvalue weighted by atomic mass is 9.88. The van der Waals surface area contributed by atoms with Crippen LogP contribution in [-0.4, -0.2) is 21.3 Å². The molecule has 0 bridgehead atoms. The average Bonchev–Trinajstić information content (AvgIpc) is 3.56. The average molecular weight is 441 g/mol. The van der Waals surface area contributed by atoms with Gasteiger partial charge in [-0.1, -0.05) is 36.8 Å². The van der Waals surface area contributed by atoms with Crippen molar-refractivity contribution in [1.29, 1.82) is 0 Å².